The van der Waals surface area contributed by atoms with Gasteiger partial charge in [0.1, 0.15) is 18.9 Å². The summed E-state index contributed by atoms with van der Waals surface area (Å²) in [6.45, 7) is 2.62. The lowest BCUT2D eigenvalue weighted by molar-refractivity contribution is -0.116. The van der Waals surface area contributed by atoms with Crippen LogP contribution in [0.25, 0.3) is 11.0 Å². The molecule has 0 radical (unpaired) electrons. The highest BCUT2D eigenvalue weighted by atomic mass is 16.5. The fourth-order valence-electron chi connectivity index (χ4n) is 3.33. The van der Waals surface area contributed by atoms with Gasteiger partial charge >= 0.3 is 0 Å². The van der Waals surface area contributed by atoms with Gasteiger partial charge in [0.15, 0.2) is 0 Å². The molecule has 0 saturated carbocycles. The molecule has 0 aliphatic carbocycles. The van der Waals surface area contributed by atoms with Crippen molar-refractivity contribution in [3.05, 3.63) is 84.4 Å². The van der Waals surface area contributed by atoms with E-state index in [1.165, 1.54) is 0 Å². The molecule has 1 heterocycles. The standard InChI is InChI=1S/C25H26N4O3/c1-18(30)15-26-25-28-22-9-5-6-10-23(22)29(25)16-24(31)27-20-11-13-21(14-12-20)32-17-19-7-3-2-4-8-19/h2-14,18,30H,15-17H2,1H3,(H,26,28)(H,27,31)/t18-/m0/s1. The van der Waals surface area contributed by atoms with Crippen LogP contribution in [0.5, 0.6) is 5.75 Å². The largest absolute Gasteiger partial charge is 0.489 e. The number of aliphatic hydroxyl groups is 1. The second-order valence-electron chi connectivity index (χ2n) is 7.59. The molecule has 7 nitrogen and oxygen atoms in total. The number of aliphatic hydroxyl groups excluding tert-OH is 1. The second kappa shape index (κ2) is 9.98. The van der Waals surface area contributed by atoms with Crippen molar-refractivity contribution in [2.75, 3.05) is 17.2 Å². The summed E-state index contributed by atoms with van der Waals surface area (Å²) >= 11 is 0. The number of imidazole rings is 1. The van der Waals surface area contributed by atoms with Gasteiger partial charge in [-0.25, -0.2) is 4.98 Å². The molecule has 164 valence electrons. The Labute approximate surface area is 186 Å². The van der Waals surface area contributed by atoms with E-state index >= 15 is 0 Å². The maximum Gasteiger partial charge on any atom is 0.244 e. The number of rotatable bonds is 9. The monoisotopic (exact) mass is 430 g/mol. The number of hydrogen-bond donors (Lipinski definition) is 3. The fraction of sp³-hybridized carbons (Fsp3) is 0.200. The molecule has 0 bridgehead atoms. The first-order valence-electron chi connectivity index (χ1n) is 10.5. The summed E-state index contributed by atoms with van der Waals surface area (Å²) in [5, 5.41) is 15.6. The number of fused-ring (bicyclic) bond motifs is 1. The zero-order valence-electron chi connectivity index (χ0n) is 17.9. The van der Waals surface area contributed by atoms with Crippen LogP contribution in [0.3, 0.4) is 0 Å². The number of para-hydroxylation sites is 2. The number of anilines is 2. The van der Waals surface area contributed by atoms with E-state index in [1.807, 2.05) is 83.4 Å². The lowest BCUT2D eigenvalue weighted by Gasteiger charge is -2.12. The molecule has 0 aliphatic rings. The molecule has 0 spiro atoms. The summed E-state index contributed by atoms with van der Waals surface area (Å²) in [4.78, 5) is 17.3. The number of nitrogens with one attached hydrogen (secondary N) is 2. The SMILES string of the molecule is C[C@H](O)CNc1nc2ccccc2n1CC(=O)Nc1ccc(OCc2ccccc2)cc1. The van der Waals surface area contributed by atoms with Crippen molar-refractivity contribution in [3.8, 4) is 5.75 Å². The average Bonchev–Trinajstić information content (AvgIpc) is 3.15. The number of aromatic nitrogens is 2. The number of benzene rings is 3. The van der Waals surface area contributed by atoms with Gasteiger partial charge in [0, 0.05) is 12.2 Å². The van der Waals surface area contributed by atoms with Gasteiger partial charge < -0.3 is 25.0 Å². The predicted molar refractivity (Wildman–Crippen MR) is 126 cm³/mol. The number of carbonyl (C=O) groups excluding carboxylic acids is 1. The molecule has 32 heavy (non-hydrogen) atoms. The van der Waals surface area contributed by atoms with Crippen LogP contribution in [0, 0.1) is 0 Å². The Morgan fingerprint density at radius 3 is 2.50 bits per heavy atom. The van der Waals surface area contributed by atoms with Crippen molar-refractivity contribution in [1.29, 1.82) is 0 Å². The maximum absolute atomic E-state index is 12.7. The number of nitrogens with zero attached hydrogens (tertiary/aromatic N) is 2. The highest BCUT2D eigenvalue weighted by molar-refractivity contribution is 5.92. The third kappa shape index (κ3) is 5.44. The van der Waals surface area contributed by atoms with Gasteiger partial charge in [0.05, 0.1) is 17.1 Å². The molecule has 4 aromatic rings. The first kappa shape index (κ1) is 21.4. The van der Waals surface area contributed by atoms with E-state index in [4.69, 9.17) is 4.74 Å². The summed E-state index contributed by atoms with van der Waals surface area (Å²) in [5.74, 6) is 1.11. The van der Waals surface area contributed by atoms with E-state index in [1.54, 1.807) is 6.92 Å². The van der Waals surface area contributed by atoms with Gasteiger partial charge in [-0.05, 0) is 48.9 Å². The molecular formula is C25H26N4O3. The van der Waals surface area contributed by atoms with Crippen LogP contribution in [0.4, 0.5) is 11.6 Å². The minimum atomic E-state index is -0.528. The number of amides is 1. The van der Waals surface area contributed by atoms with E-state index in [2.05, 4.69) is 15.6 Å². The van der Waals surface area contributed by atoms with Crippen molar-refractivity contribution in [2.45, 2.75) is 26.2 Å². The van der Waals surface area contributed by atoms with Crippen molar-refractivity contribution < 1.29 is 14.6 Å². The summed E-state index contributed by atoms with van der Waals surface area (Å²) in [6.07, 6.45) is -0.528. The minimum absolute atomic E-state index is 0.0922. The molecule has 3 N–H and O–H groups in total. The molecule has 0 unspecified atom stereocenters. The Kier molecular flexibility index (Phi) is 6.67. The first-order chi connectivity index (χ1) is 15.6. The smallest absolute Gasteiger partial charge is 0.244 e. The van der Waals surface area contributed by atoms with Gasteiger partial charge in [-0.15, -0.1) is 0 Å². The Balaban J connectivity index is 1.40. The third-order valence-corrected chi connectivity index (χ3v) is 4.90. The van der Waals surface area contributed by atoms with Crippen LogP contribution in [0.2, 0.25) is 0 Å². The Morgan fingerprint density at radius 1 is 1.03 bits per heavy atom. The van der Waals surface area contributed by atoms with E-state index in [-0.39, 0.29) is 12.5 Å². The first-order valence-corrected chi connectivity index (χ1v) is 10.5. The average molecular weight is 431 g/mol. The number of hydrogen-bond acceptors (Lipinski definition) is 5. The molecule has 7 heteroatoms. The fourth-order valence-corrected chi connectivity index (χ4v) is 3.33. The molecule has 1 amide bonds. The van der Waals surface area contributed by atoms with Crippen molar-refractivity contribution in [2.24, 2.45) is 0 Å². The van der Waals surface area contributed by atoms with Crippen LogP contribution >= 0.6 is 0 Å². The van der Waals surface area contributed by atoms with Crippen molar-refractivity contribution in [1.82, 2.24) is 9.55 Å². The van der Waals surface area contributed by atoms with E-state index in [0.29, 0.717) is 24.8 Å². The molecular weight excluding hydrogens is 404 g/mol. The minimum Gasteiger partial charge on any atom is -0.489 e. The normalized spacial score (nSPS) is 11.8. The van der Waals surface area contributed by atoms with Crippen molar-refractivity contribution >= 4 is 28.6 Å². The molecule has 3 aromatic carbocycles. The van der Waals surface area contributed by atoms with Crippen LogP contribution < -0.4 is 15.4 Å². The van der Waals surface area contributed by atoms with E-state index in [0.717, 1.165) is 22.3 Å². The second-order valence-corrected chi connectivity index (χ2v) is 7.59. The van der Waals surface area contributed by atoms with Crippen LogP contribution in [-0.2, 0) is 17.9 Å². The highest BCUT2D eigenvalue weighted by Crippen LogP contribution is 2.21. The predicted octanol–water partition coefficient (Wildman–Crippen LogP) is 4.05. The molecule has 0 aliphatic heterocycles. The molecule has 0 fully saturated rings. The zero-order chi connectivity index (χ0) is 22.3. The lowest BCUT2D eigenvalue weighted by atomic mass is 10.2. The van der Waals surface area contributed by atoms with Crippen LogP contribution in [-0.4, -0.2) is 33.2 Å². The molecule has 4 rings (SSSR count). The summed E-state index contributed by atoms with van der Waals surface area (Å²) in [5.41, 5.74) is 3.41. The van der Waals surface area contributed by atoms with Crippen molar-refractivity contribution in [3.63, 3.8) is 0 Å². The quantitative estimate of drug-likeness (QED) is 0.373. The van der Waals surface area contributed by atoms with Crippen LogP contribution in [0.1, 0.15) is 12.5 Å². The topological polar surface area (TPSA) is 88.4 Å². The number of carbonyl (C=O) groups is 1. The van der Waals surface area contributed by atoms with Gasteiger partial charge in [0.25, 0.3) is 0 Å². The lowest BCUT2D eigenvalue weighted by Crippen LogP contribution is -2.22. The summed E-state index contributed by atoms with van der Waals surface area (Å²) in [6, 6.07) is 24.9. The summed E-state index contributed by atoms with van der Waals surface area (Å²) < 4.78 is 7.60. The Morgan fingerprint density at radius 2 is 1.75 bits per heavy atom. The maximum atomic E-state index is 12.7. The Bertz CT molecular complexity index is 1170. The van der Waals surface area contributed by atoms with Gasteiger partial charge in [0.2, 0.25) is 11.9 Å². The molecule has 0 saturated heterocycles. The third-order valence-electron chi connectivity index (χ3n) is 4.90. The summed E-state index contributed by atoms with van der Waals surface area (Å²) in [7, 11) is 0. The highest BCUT2D eigenvalue weighted by Gasteiger charge is 2.14. The van der Waals surface area contributed by atoms with Gasteiger partial charge in [-0.3, -0.25) is 4.79 Å². The number of ether oxygens (including phenoxy) is 1. The van der Waals surface area contributed by atoms with Gasteiger partial charge in [-0.1, -0.05) is 42.5 Å². The van der Waals surface area contributed by atoms with Crippen LogP contribution in [0.15, 0.2) is 78.9 Å². The van der Waals surface area contributed by atoms with E-state index in [9.17, 15) is 9.90 Å². The Hall–Kier alpha value is -3.84. The zero-order valence-corrected chi connectivity index (χ0v) is 17.9. The molecule has 1 aromatic heterocycles. The van der Waals surface area contributed by atoms with E-state index < -0.39 is 6.10 Å². The van der Waals surface area contributed by atoms with Gasteiger partial charge in [-0.2, -0.15) is 0 Å². The molecule has 1 atom stereocenters.